The molecule has 1 aliphatic rings. The second-order valence-electron chi connectivity index (χ2n) is 4.26. The average Bonchev–Trinajstić information content (AvgIpc) is 2.28. The summed E-state index contributed by atoms with van der Waals surface area (Å²) in [5, 5.41) is 2.82. The van der Waals surface area contributed by atoms with Crippen molar-refractivity contribution in [1.29, 1.82) is 0 Å². The van der Waals surface area contributed by atoms with Gasteiger partial charge in [-0.1, -0.05) is 15.9 Å². The van der Waals surface area contributed by atoms with E-state index in [1.54, 1.807) is 0 Å². The Morgan fingerprint density at radius 3 is 2.94 bits per heavy atom. The molecule has 1 amide bonds. The Balaban J connectivity index is 2.33. The Labute approximate surface area is 109 Å². The van der Waals surface area contributed by atoms with Crippen molar-refractivity contribution < 1.29 is 4.79 Å². The normalized spacial score (nSPS) is 17.8. The summed E-state index contributed by atoms with van der Waals surface area (Å²) in [5.74, 6) is 0.0646. The first kappa shape index (κ1) is 12.4. The summed E-state index contributed by atoms with van der Waals surface area (Å²) in [7, 11) is 0. The summed E-state index contributed by atoms with van der Waals surface area (Å²) < 4.78 is 1.01. The van der Waals surface area contributed by atoms with Crippen LogP contribution in [0.1, 0.15) is 18.5 Å². The van der Waals surface area contributed by atoms with E-state index in [0.717, 1.165) is 22.3 Å². The first-order valence-electron chi connectivity index (χ1n) is 5.64. The molecule has 0 aromatic heterocycles. The molecule has 1 saturated heterocycles. The van der Waals surface area contributed by atoms with E-state index in [9.17, 15) is 4.79 Å². The van der Waals surface area contributed by atoms with E-state index in [4.69, 9.17) is 5.73 Å². The van der Waals surface area contributed by atoms with Crippen molar-refractivity contribution in [2.75, 3.05) is 24.5 Å². The van der Waals surface area contributed by atoms with E-state index in [2.05, 4.69) is 26.1 Å². The van der Waals surface area contributed by atoms with Gasteiger partial charge in [0.05, 0.1) is 6.54 Å². The van der Waals surface area contributed by atoms with E-state index in [1.165, 1.54) is 0 Å². The van der Waals surface area contributed by atoms with E-state index < -0.39 is 0 Å². The molecule has 1 unspecified atom stereocenters. The number of carbonyl (C=O) groups excluding carboxylic acids is 1. The highest BCUT2D eigenvalue weighted by atomic mass is 79.9. The van der Waals surface area contributed by atoms with Gasteiger partial charge >= 0.3 is 0 Å². The van der Waals surface area contributed by atoms with Crippen LogP contribution in [0.25, 0.3) is 0 Å². The number of carbonyl (C=O) groups is 1. The van der Waals surface area contributed by atoms with E-state index in [1.807, 2.05) is 25.1 Å². The van der Waals surface area contributed by atoms with Crippen molar-refractivity contribution in [3.63, 3.8) is 0 Å². The highest BCUT2D eigenvalue weighted by Crippen LogP contribution is 2.28. The monoisotopic (exact) mass is 297 g/mol. The third-order valence-electron chi connectivity index (χ3n) is 2.86. The topological polar surface area (TPSA) is 58.4 Å². The van der Waals surface area contributed by atoms with Crippen LogP contribution in [-0.4, -0.2) is 25.5 Å². The van der Waals surface area contributed by atoms with Gasteiger partial charge in [0.1, 0.15) is 0 Å². The number of hydrogen-bond acceptors (Lipinski definition) is 3. The average molecular weight is 298 g/mol. The molecular formula is C12H16BrN3O. The maximum Gasteiger partial charge on any atom is 0.239 e. The number of piperazine rings is 1. The summed E-state index contributed by atoms with van der Waals surface area (Å²) in [5.41, 5.74) is 8.09. The standard InChI is InChI=1S/C12H16BrN3O/c1-8(14)10-6-9(13)2-3-11(10)16-5-4-15-12(17)7-16/h2-3,6,8H,4-5,7,14H2,1H3,(H,15,17). The van der Waals surface area contributed by atoms with Crippen LogP contribution in [-0.2, 0) is 4.79 Å². The summed E-state index contributed by atoms with van der Waals surface area (Å²) in [6.07, 6.45) is 0. The van der Waals surface area contributed by atoms with Gasteiger partial charge in [0.25, 0.3) is 0 Å². The predicted octanol–water partition coefficient (Wildman–Crippen LogP) is 1.41. The molecule has 1 aromatic carbocycles. The van der Waals surface area contributed by atoms with Crippen LogP contribution in [0.15, 0.2) is 22.7 Å². The highest BCUT2D eigenvalue weighted by molar-refractivity contribution is 9.10. The Bertz CT molecular complexity index is 434. The van der Waals surface area contributed by atoms with Crippen molar-refractivity contribution in [3.8, 4) is 0 Å². The number of nitrogens with zero attached hydrogens (tertiary/aromatic N) is 1. The third-order valence-corrected chi connectivity index (χ3v) is 3.35. The van der Waals surface area contributed by atoms with Gasteiger partial charge < -0.3 is 16.0 Å². The molecule has 0 aliphatic carbocycles. The third kappa shape index (κ3) is 2.79. The molecule has 4 nitrogen and oxygen atoms in total. The minimum Gasteiger partial charge on any atom is -0.360 e. The Morgan fingerprint density at radius 2 is 2.29 bits per heavy atom. The van der Waals surface area contributed by atoms with Gasteiger partial charge in [-0.2, -0.15) is 0 Å². The molecular weight excluding hydrogens is 282 g/mol. The quantitative estimate of drug-likeness (QED) is 0.868. The van der Waals surface area contributed by atoms with E-state index >= 15 is 0 Å². The molecule has 17 heavy (non-hydrogen) atoms. The fourth-order valence-corrected chi connectivity index (χ4v) is 2.40. The Hall–Kier alpha value is -1.07. The van der Waals surface area contributed by atoms with Crippen LogP contribution < -0.4 is 16.0 Å². The number of amides is 1. The lowest BCUT2D eigenvalue weighted by Crippen LogP contribution is -2.48. The molecule has 2 rings (SSSR count). The van der Waals surface area contributed by atoms with Crippen molar-refractivity contribution in [1.82, 2.24) is 5.32 Å². The van der Waals surface area contributed by atoms with Crippen LogP contribution >= 0.6 is 15.9 Å². The van der Waals surface area contributed by atoms with Gasteiger partial charge in [-0.15, -0.1) is 0 Å². The maximum absolute atomic E-state index is 11.4. The lowest BCUT2D eigenvalue weighted by Gasteiger charge is -2.31. The highest BCUT2D eigenvalue weighted by Gasteiger charge is 2.20. The zero-order chi connectivity index (χ0) is 12.4. The molecule has 1 fully saturated rings. The van der Waals surface area contributed by atoms with Crippen molar-refractivity contribution in [3.05, 3.63) is 28.2 Å². The summed E-state index contributed by atoms with van der Waals surface area (Å²) >= 11 is 3.45. The molecule has 3 N–H and O–H groups in total. The predicted molar refractivity (Wildman–Crippen MR) is 72.0 cm³/mol. The maximum atomic E-state index is 11.4. The second-order valence-corrected chi connectivity index (χ2v) is 5.18. The van der Waals surface area contributed by atoms with E-state index in [-0.39, 0.29) is 11.9 Å². The van der Waals surface area contributed by atoms with Gasteiger partial charge in [0.15, 0.2) is 0 Å². The Kier molecular flexibility index (Phi) is 3.69. The number of nitrogens with two attached hydrogens (primary N) is 1. The largest absolute Gasteiger partial charge is 0.360 e. The number of nitrogens with one attached hydrogen (secondary N) is 1. The first-order valence-corrected chi connectivity index (χ1v) is 6.44. The SMILES string of the molecule is CC(N)c1cc(Br)ccc1N1CCNC(=O)C1. The number of halogens is 1. The van der Waals surface area contributed by atoms with Gasteiger partial charge in [0, 0.05) is 29.3 Å². The second kappa shape index (κ2) is 5.06. The molecule has 92 valence electrons. The summed E-state index contributed by atoms with van der Waals surface area (Å²) in [6, 6.07) is 5.97. The van der Waals surface area contributed by atoms with Gasteiger partial charge in [-0.3, -0.25) is 4.79 Å². The van der Waals surface area contributed by atoms with Gasteiger partial charge in [0.2, 0.25) is 5.91 Å². The fourth-order valence-electron chi connectivity index (χ4n) is 2.02. The molecule has 0 radical (unpaired) electrons. The molecule has 1 heterocycles. The lowest BCUT2D eigenvalue weighted by molar-refractivity contribution is -0.120. The zero-order valence-electron chi connectivity index (χ0n) is 9.74. The molecule has 0 spiro atoms. The van der Waals surface area contributed by atoms with Crippen molar-refractivity contribution in [2.45, 2.75) is 13.0 Å². The lowest BCUT2D eigenvalue weighted by atomic mass is 10.1. The number of anilines is 1. The minimum atomic E-state index is -0.0486. The van der Waals surface area contributed by atoms with Crippen molar-refractivity contribution in [2.24, 2.45) is 5.73 Å². The van der Waals surface area contributed by atoms with E-state index in [0.29, 0.717) is 13.1 Å². The van der Waals surface area contributed by atoms with Crippen LogP contribution in [0.2, 0.25) is 0 Å². The van der Waals surface area contributed by atoms with Crippen LogP contribution in [0.5, 0.6) is 0 Å². The first-order chi connectivity index (χ1) is 8.08. The number of benzene rings is 1. The smallest absolute Gasteiger partial charge is 0.239 e. The molecule has 5 heteroatoms. The number of rotatable bonds is 2. The summed E-state index contributed by atoms with van der Waals surface area (Å²) in [4.78, 5) is 13.5. The summed E-state index contributed by atoms with van der Waals surface area (Å²) in [6.45, 7) is 3.87. The molecule has 1 aromatic rings. The van der Waals surface area contributed by atoms with Crippen LogP contribution in [0.4, 0.5) is 5.69 Å². The molecule has 0 saturated carbocycles. The van der Waals surface area contributed by atoms with Crippen molar-refractivity contribution >= 4 is 27.5 Å². The van der Waals surface area contributed by atoms with Gasteiger partial charge in [-0.05, 0) is 30.7 Å². The Morgan fingerprint density at radius 1 is 1.53 bits per heavy atom. The minimum absolute atomic E-state index is 0.0486. The van der Waals surface area contributed by atoms with Crippen LogP contribution in [0.3, 0.4) is 0 Å². The van der Waals surface area contributed by atoms with Crippen LogP contribution in [0, 0.1) is 0 Å². The molecule has 1 atom stereocenters. The fraction of sp³-hybridized carbons (Fsp3) is 0.417. The van der Waals surface area contributed by atoms with Gasteiger partial charge in [-0.25, -0.2) is 0 Å². The molecule has 1 aliphatic heterocycles. The number of hydrogen-bond donors (Lipinski definition) is 2. The molecule has 0 bridgehead atoms. The zero-order valence-corrected chi connectivity index (χ0v) is 11.3.